The Morgan fingerprint density at radius 1 is 1.21 bits per heavy atom. The zero-order chi connectivity index (χ0) is 24.9. The van der Waals surface area contributed by atoms with Crippen LogP contribution in [0.25, 0.3) is 0 Å². The molecule has 0 bridgehead atoms. The molecule has 2 N–H and O–H groups in total. The summed E-state index contributed by atoms with van der Waals surface area (Å²) < 4.78 is 36.5. The smallest absolute Gasteiger partial charge is 0.397 e. The minimum Gasteiger partial charge on any atom is -0.481 e. The van der Waals surface area contributed by atoms with Crippen molar-refractivity contribution in [1.29, 1.82) is 0 Å². The molecule has 4 rings (SSSR count). The van der Waals surface area contributed by atoms with Gasteiger partial charge in [0.05, 0.1) is 11.5 Å². The summed E-state index contributed by atoms with van der Waals surface area (Å²) in [4.78, 5) is 12.8. The first-order valence-electron chi connectivity index (χ1n) is 13.1. The number of fused-ring (bicyclic) bond motifs is 5. The first-order valence-corrected chi connectivity index (χ1v) is 14.5. The van der Waals surface area contributed by atoms with Crippen LogP contribution in [0.15, 0.2) is 23.3 Å². The molecule has 4 aliphatic carbocycles. The van der Waals surface area contributed by atoms with E-state index in [1.807, 2.05) is 0 Å². The van der Waals surface area contributed by atoms with Crippen molar-refractivity contribution >= 4 is 16.4 Å². The second kappa shape index (κ2) is 9.36. The zero-order valence-corrected chi connectivity index (χ0v) is 21.9. The topological polar surface area (TPSA) is 101 Å². The van der Waals surface area contributed by atoms with Gasteiger partial charge in [-0.1, -0.05) is 37.1 Å². The first-order chi connectivity index (χ1) is 15.9. The lowest BCUT2D eigenvalue weighted by atomic mass is 9.46. The Morgan fingerprint density at radius 2 is 1.94 bits per heavy atom. The van der Waals surface area contributed by atoms with E-state index >= 15 is 0 Å². The molecule has 8 atom stereocenters. The average Bonchev–Trinajstić information content (AvgIpc) is 3.09. The van der Waals surface area contributed by atoms with Crippen LogP contribution >= 0.6 is 0 Å². The van der Waals surface area contributed by atoms with Gasteiger partial charge in [0.1, 0.15) is 0 Å². The van der Waals surface area contributed by atoms with Gasteiger partial charge < -0.3 is 5.11 Å². The summed E-state index contributed by atoms with van der Waals surface area (Å²) in [6, 6.07) is 0. The van der Waals surface area contributed by atoms with E-state index in [2.05, 4.69) is 39.8 Å². The molecule has 0 aromatic rings. The van der Waals surface area contributed by atoms with Gasteiger partial charge in [0.2, 0.25) is 0 Å². The Bertz CT molecular complexity index is 964. The van der Waals surface area contributed by atoms with Gasteiger partial charge in [-0.2, -0.15) is 8.42 Å². The number of hydrogen-bond acceptors (Lipinski definition) is 4. The van der Waals surface area contributed by atoms with Crippen molar-refractivity contribution in [2.75, 3.05) is 0 Å². The van der Waals surface area contributed by atoms with E-state index in [0.717, 1.165) is 31.3 Å². The van der Waals surface area contributed by atoms with Crippen molar-refractivity contribution in [3.8, 4) is 0 Å². The largest absolute Gasteiger partial charge is 0.481 e. The van der Waals surface area contributed by atoms with Crippen LogP contribution in [0.3, 0.4) is 0 Å². The van der Waals surface area contributed by atoms with Crippen LogP contribution in [0.1, 0.15) is 91.9 Å². The Labute approximate surface area is 205 Å². The van der Waals surface area contributed by atoms with Gasteiger partial charge in [0.15, 0.2) is 0 Å². The van der Waals surface area contributed by atoms with E-state index < -0.39 is 27.9 Å². The summed E-state index contributed by atoms with van der Waals surface area (Å²) >= 11 is 0. The summed E-state index contributed by atoms with van der Waals surface area (Å²) in [5.41, 5.74) is 1.54. The number of allylic oxidation sites excluding steroid dienone is 3. The maximum Gasteiger partial charge on any atom is 0.397 e. The fraction of sp³-hybridized carbons (Fsp3) is 0.815. The SMILES string of the molecule is CC(C)=CCC[C@@H](C)[C@H]1CC[C@H]2[C@@H]3CC=C4C[C@@H](OS(=O)(=O)O)CC[C@]4(C(=O)O)[C@H]3CC[C@]12C. The van der Waals surface area contributed by atoms with E-state index in [-0.39, 0.29) is 17.8 Å². The van der Waals surface area contributed by atoms with Crippen LogP contribution < -0.4 is 0 Å². The normalized spacial score (nSPS) is 40.4. The Morgan fingerprint density at radius 3 is 2.59 bits per heavy atom. The lowest BCUT2D eigenvalue weighted by Crippen LogP contribution is -2.55. The Kier molecular flexibility index (Phi) is 7.13. The van der Waals surface area contributed by atoms with Gasteiger partial charge in [-0.05, 0) is 113 Å². The predicted octanol–water partition coefficient (Wildman–Crippen LogP) is 6.20. The van der Waals surface area contributed by atoms with Crippen molar-refractivity contribution < 1.29 is 27.1 Å². The monoisotopic (exact) mass is 494 g/mol. The molecule has 0 unspecified atom stereocenters. The van der Waals surface area contributed by atoms with Crippen molar-refractivity contribution in [2.24, 2.45) is 40.4 Å². The van der Waals surface area contributed by atoms with Crippen LogP contribution in [0, 0.1) is 40.4 Å². The molecule has 0 heterocycles. The lowest BCUT2D eigenvalue weighted by molar-refractivity contribution is -0.159. The third kappa shape index (κ3) is 4.53. The minimum atomic E-state index is -4.55. The summed E-state index contributed by atoms with van der Waals surface area (Å²) in [6.07, 6.45) is 12.3. The quantitative estimate of drug-likeness (QED) is 0.323. The second-order valence-corrected chi connectivity index (χ2v) is 13.1. The summed E-state index contributed by atoms with van der Waals surface area (Å²) in [5.74, 6) is 1.59. The molecule has 34 heavy (non-hydrogen) atoms. The van der Waals surface area contributed by atoms with Gasteiger partial charge in [0, 0.05) is 0 Å². The van der Waals surface area contributed by atoms with Crippen molar-refractivity contribution in [1.82, 2.24) is 0 Å². The average molecular weight is 495 g/mol. The van der Waals surface area contributed by atoms with Crippen LogP contribution in [0.4, 0.5) is 0 Å². The van der Waals surface area contributed by atoms with E-state index in [9.17, 15) is 18.3 Å². The van der Waals surface area contributed by atoms with Crippen LogP contribution in [0.5, 0.6) is 0 Å². The van der Waals surface area contributed by atoms with Gasteiger partial charge in [-0.15, -0.1) is 0 Å². The molecule has 6 nitrogen and oxygen atoms in total. The molecular formula is C27H42O6S. The molecule has 3 fully saturated rings. The van der Waals surface area contributed by atoms with Crippen LogP contribution in [-0.4, -0.2) is 30.2 Å². The second-order valence-electron chi connectivity index (χ2n) is 12.1. The summed E-state index contributed by atoms with van der Waals surface area (Å²) in [7, 11) is -4.55. The van der Waals surface area contributed by atoms with E-state index in [4.69, 9.17) is 8.74 Å². The third-order valence-electron chi connectivity index (χ3n) is 10.2. The maximum atomic E-state index is 12.8. The van der Waals surface area contributed by atoms with Crippen LogP contribution in [-0.2, 0) is 19.4 Å². The maximum absolute atomic E-state index is 12.8. The fourth-order valence-corrected chi connectivity index (χ4v) is 9.25. The molecule has 0 aromatic heterocycles. The highest BCUT2D eigenvalue weighted by Gasteiger charge is 2.62. The molecule has 0 aromatic carbocycles. The Hall–Kier alpha value is -1.18. The zero-order valence-electron chi connectivity index (χ0n) is 21.1. The van der Waals surface area contributed by atoms with Gasteiger partial charge in [-0.25, -0.2) is 4.18 Å². The minimum absolute atomic E-state index is 0.0921. The molecular weight excluding hydrogens is 452 g/mol. The molecule has 4 aliphatic rings. The molecule has 0 spiro atoms. The van der Waals surface area contributed by atoms with Crippen molar-refractivity contribution in [3.63, 3.8) is 0 Å². The highest BCUT2D eigenvalue weighted by atomic mass is 32.3. The van der Waals surface area contributed by atoms with Gasteiger partial charge in [-0.3, -0.25) is 9.35 Å². The van der Waals surface area contributed by atoms with Crippen molar-refractivity contribution in [3.05, 3.63) is 23.3 Å². The van der Waals surface area contributed by atoms with Crippen LogP contribution in [0.2, 0.25) is 0 Å². The number of carbonyl (C=O) groups is 1. The molecule has 0 amide bonds. The summed E-state index contributed by atoms with van der Waals surface area (Å²) in [6.45, 7) is 9.21. The van der Waals surface area contributed by atoms with Crippen molar-refractivity contribution in [2.45, 2.75) is 98.0 Å². The number of carboxylic acid groups (broad SMARTS) is 1. The predicted molar refractivity (Wildman–Crippen MR) is 131 cm³/mol. The molecule has 0 aliphatic heterocycles. The van der Waals surface area contributed by atoms with E-state index in [1.54, 1.807) is 0 Å². The number of hydrogen-bond donors (Lipinski definition) is 2. The highest BCUT2D eigenvalue weighted by molar-refractivity contribution is 7.80. The molecule has 7 heteroatoms. The highest BCUT2D eigenvalue weighted by Crippen LogP contribution is 2.67. The molecule has 3 saturated carbocycles. The fourth-order valence-electron chi connectivity index (χ4n) is 8.74. The van der Waals surface area contributed by atoms with Gasteiger partial charge >= 0.3 is 16.4 Å². The molecule has 0 saturated heterocycles. The molecule has 0 radical (unpaired) electrons. The summed E-state index contributed by atoms with van der Waals surface area (Å²) in [5, 5.41) is 10.5. The Balaban J connectivity index is 1.56. The standard InChI is InChI=1S/C27H42O6S/c1-17(2)6-5-7-18(3)22-10-11-23-21-9-8-19-16-20(33-34(30,31)32)12-15-27(19,25(28)29)24(21)13-14-26(22,23)4/h6,8,18,20-24H,5,7,9-16H2,1-4H3,(H,28,29)(H,30,31,32)/t18-,20+,21+,22-,23+,24+,26-,27-/m1/s1. The van der Waals surface area contributed by atoms with E-state index in [1.165, 1.54) is 24.8 Å². The lowest BCUT2D eigenvalue weighted by Gasteiger charge is -2.57. The number of aliphatic carboxylic acids is 1. The first kappa shape index (κ1) is 25.9. The van der Waals surface area contributed by atoms with Gasteiger partial charge in [0.25, 0.3) is 0 Å². The third-order valence-corrected chi connectivity index (χ3v) is 10.7. The molecule has 192 valence electrons. The van der Waals surface area contributed by atoms with E-state index in [0.29, 0.717) is 36.5 Å². The number of rotatable bonds is 7. The number of carboxylic acids is 1.